The van der Waals surface area contributed by atoms with Gasteiger partial charge < -0.3 is 20.3 Å². The van der Waals surface area contributed by atoms with Gasteiger partial charge in [-0.05, 0) is 49.2 Å². The van der Waals surface area contributed by atoms with Crippen LogP contribution in [0.4, 0.5) is 5.82 Å². The fraction of sp³-hybridized carbons (Fsp3) is 0.190. The lowest BCUT2D eigenvalue weighted by Crippen LogP contribution is -2.08. The van der Waals surface area contributed by atoms with Crippen LogP contribution in [0.1, 0.15) is 24.2 Å². The van der Waals surface area contributed by atoms with Gasteiger partial charge in [0.25, 0.3) is 0 Å². The first-order valence-electron chi connectivity index (χ1n) is 8.56. The van der Waals surface area contributed by atoms with Crippen LogP contribution >= 0.6 is 23.2 Å². The van der Waals surface area contributed by atoms with Gasteiger partial charge >= 0.3 is 0 Å². The third-order valence-electron chi connectivity index (χ3n) is 4.42. The first kappa shape index (κ1) is 20.1. The van der Waals surface area contributed by atoms with Crippen LogP contribution in [-0.2, 0) is 0 Å². The Morgan fingerprint density at radius 2 is 1.79 bits per heavy atom. The van der Waals surface area contributed by atoms with Crippen molar-refractivity contribution in [3.8, 4) is 28.4 Å². The highest BCUT2D eigenvalue weighted by Gasteiger charge is 2.19. The van der Waals surface area contributed by atoms with E-state index in [-0.39, 0.29) is 11.6 Å². The van der Waals surface area contributed by atoms with Crippen molar-refractivity contribution >= 4 is 29.0 Å². The number of aromatic nitrogens is 1. The molecule has 0 bridgehead atoms. The number of benzene rings is 2. The molecule has 7 heteroatoms. The molecule has 1 heterocycles. The minimum Gasteiger partial charge on any atom is -0.504 e. The van der Waals surface area contributed by atoms with Gasteiger partial charge in [-0.3, -0.25) is 0 Å². The van der Waals surface area contributed by atoms with Gasteiger partial charge in [0.2, 0.25) is 0 Å². The molecule has 3 aromatic rings. The minimum absolute atomic E-state index is 0.0588. The van der Waals surface area contributed by atoms with E-state index in [1.807, 2.05) is 19.9 Å². The average Bonchev–Trinajstić information content (AvgIpc) is 2.67. The van der Waals surface area contributed by atoms with E-state index in [0.29, 0.717) is 27.1 Å². The number of methoxy groups -OCH3 is 1. The fourth-order valence-electron chi connectivity index (χ4n) is 2.86. The third-order valence-corrected chi connectivity index (χ3v) is 5.26. The molecule has 1 unspecified atom stereocenters. The van der Waals surface area contributed by atoms with E-state index in [2.05, 4.69) is 4.98 Å². The van der Waals surface area contributed by atoms with Crippen molar-refractivity contribution < 1.29 is 14.6 Å². The molecule has 1 atom stereocenters. The number of ether oxygens (including phenoxy) is 2. The molecule has 1 aromatic heterocycles. The number of nitrogens with zero attached hydrogens (tertiary/aromatic N) is 1. The molecule has 3 N–H and O–H groups in total. The summed E-state index contributed by atoms with van der Waals surface area (Å²) in [6, 6.07) is 10.5. The molecule has 28 heavy (non-hydrogen) atoms. The van der Waals surface area contributed by atoms with Crippen LogP contribution in [0, 0.1) is 6.92 Å². The SMILES string of the molecule is COc1cc(-c2cnc(N)c(OC(C)c3c(Cl)ccc(C)c3Cl)c2)ccc1O. The molecule has 2 aromatic carbocycles. The second-order valence-corrected chi connectivity index (χ2v) is 7.13. The monoisotopic (exact) mass is 418 g/mol. The van der Waals surface area contributed by atoms with Crippen molar-refractivity contribution in [3.05, 3.63) is 63.8 Å². The van der Waals surface area contributed by atoms with Gasteiger partial charge in [-0.15, -0.1) is 0 Å². The van der Waals surface area contributed by atoms with Crippen LogP contribution in [0.15, 0.2) is 42.6 Å². The zero-order valence-electron chi connectivity index (χ0n) is 15.7. The number of anilines is 1. The van der Waals surface area contributed by atoms with E-state index in [9.17, 15) is 5.11 Å². The van der Waals surface area contributed by atoms with Crippen LogP contribution in [0.3, 0.4) is 0 Å². The van der Waals surface area contributed by atoms with E-state index in [1.54, 1.807) is 36.5 Å². The van der Waals surface area contributed by atoms with Crippen molar-refractivity contribution in [3.63, 3.8) is 0 Å². The number of pyridine rings is 1. The van der Waals surface area contributed by atoms with Gasteiger partial charge in [0.1, 0.15) is 6.10 Å². The number of nitrogen functional groups attached to an aromatic ring is 1. The Morgan fingerprint density at radius 3 is 2.50 bits per heavy atom. The quantitative estimate of drug-likeness (QED) is 0.547. The number of aryl methyl sites for hydroxylation is 1. The second-order valence-electron chi connectivity index (χ2n) is 6.35. The lowest BCUT2D eigenvalue weighted by Gasteiger charge is -2.20. The molecule has 0 saturated carbocycles. The van der Waals surface area contributed by atoms with Gasteiger partial charge in [-0.1, -0.05) is 35.3 Å². The topological polar surface area (TPSA) is 77.6 Å². The molecule has 0 aliphatic heterocycles. The van der Waals surface area contributed by atoms with Gasteiger partial charge in [-0.2, -0.15) is 0 Å². The van der Waals surface area contributed by atoms with E-state index < -0.39 is 6.10 Å². The van der Waals surface area contributed by atoms with Crippen molar-refractivity contribution in [1.82, 2.24) is 4.98 Å². The summed E-state index contributed by atoms with van der Waals surface area (Å²) in [5.41, 5.74) is 9.17. The number of phenols is 1. The molecular weight excluding hydrogens is 399 g/mol. The molecule has 0 amide bonds. The first-order chi connectivity index (χ1) is 13.3. The molecule has 0 aliphatic carbocycles. The molecule has 3 rings (SSSR count). The highest BCUT2D eigenvalue weighted by molar-refractivity contribution is 6.36. The normalized spacial score (nSPS) is 11.9. The van der Waals surface area contributed by atoms with E-state index >= 15 is 0 Å². The van der Waals surface area contributed by atoms with Crippen LogP contribution < -0.4 is 15.2 Å². The summed E-state index contributed by atoms with van der Waals surface area (Å²) in [4.78, 5) is 4.23. The van der Waals surface area contributed by atoms with Gasteiger partial charge in [0, 0.05) is 22.3 Å². The zero-order valence-corrected chi connectivity index (χ0v) is 17.2. The molecule has 0 spiro atoms. The maximum Gasteiger partial charge on any atom is 0.166 e. The number of hydrogen-bond acceptors (Lipinski definition) is 5. The van der Waals surface area contributed by atoms with Gasteiger partial charge in [0.05, 0.1) is 12.1 Å². The molecule has 0 fully saturated rings. The number of hydrogen-bond donors (Lipinski definition) is 2. The standard InChI is InChI=1S/C21H20Cl2N2O3/c1-11-4-6-15(22)19(20(11)23)12(2)28-18-9-14(10-25-21(18)24)13-5-7-16(26)17(8-13)27-3/h4-10,12,26H,1-3H3,(H2,24,25). The van der Waals surface area contributed by atoms with E-state index in [4.69, 9.17) is 38.4 Å². The van der Waals surface area contributed by atoms with Crippen molar-refractivity contribution in [1.29, 1.82) is 0 Å². The Balaban J connectivity index is 1.96. The summed E-state index contributed by atoms with van der Waals surface area (Å²) >= 11 is 12.8. The van der Waals surface area contributed by atoms with Gasteiger partial charge in [0.15, 0.2) is 23.1 Å². The predicted molar refractivity (Wildman–Crippen MR) is 113 cm³/mol. The van der Waals surface area contributed by atoms with E-state index in [1.165, 1.54) is 7.11 Å². The van der Waals surface area contributed by atoms with Crippen LogP contribution in [-0.4, -0.2) is 17.2 Å². The smallest absolute Gasteiger partial charge is 0.166 e. The number of rotatable bonds is 5. The highest BCUT2D eigenvalue weighted by Crippen LogP contribution is 2.38. The Kier molecular flexibility index (Phi) is 5.87. The Morgan fingerprint density at radius 1 is 1.07 bits per heavy atom. The lowest BCUT2D eigenvalue weighted by molar-refractivity contribution is 0.228. The van der Waals surface area contributed by atoms with Crippen molar-refractivity contribution in [2.75, 3.05) is 12.8 Å². The largest absolute Gasteiger partial charge is 0.504 e. The highest BCUT2D eigenvalue weighted by atomic mass is 35.5. The number of phenolic OH excluding ortho intramolecular Hbond substituents is 1. The van der Waals surface area contributed by atoms with Crippen LogP contribution in [0.2, 0.25) is 10.0 Å². The zero-order chi connectivity index (χ0) is 20.4. The molecular formula is C21H20Cl2N2O3. The lowest BCUT2D eigenvalue weighted by atomic mass is 10.1. The van der Waals surface area contributed by atoms with Crippen LogP contribution in [0.5, 0.6) is 17.2 Å². The van der Waals surface area contributed by atoms with Crippen molar-refractivity contribution in [2.45, 2.75) is 20.0 Å². The third kappa shape index (κ3) is 3.96. The average molecular weight is 419 g/mol. The number of nitrogens with two attached hydrogens (primary N) is 1. The van der Waals surface area contributed by atoms with Crippen molar-refractivity contribution in [2.24, 2.45) is 0 Å². The Hall–Kier alpha value is -2.63. The predicted octanol–water partition coefficient (Wildman–Crippen LogP) is 5.80. The summed E-state index contributed by atoms with van der Waals surface area (Å²) in [5, 5.41) is 10.9. The summed E-state index contributed by atoms with van der Waals surface area (Å²) < 4.78 is 11.2. The molecule has 146 valence electrons. The molecule has 0 aliphatic rings. The Bertz CT molecular complexity index is 1020. The second kappa shape index (κ2) is 8.17. The van der Waals surface area contributed by atoms with E-state index in [0.717, 1.165) is 16.7 Å². The summed E-state index contributed by atoms with van der Waals surface area (Å²) in [6.07, 6.45) is 1.19. The fourth-order valence-corrected chi connectivity index (χ4v) is 3.54. The summed E-state index contributed by atoms with van der Waals surface area (Å²) in [5.74, 6) is 1.08. The maximum absolute atomic E-state index is 9.79. The molecule has 0 saturated heterocycles. The van der Waals surface area contributed by atoms with Gasteiger partial charge in [-0.25, -0.2) is 4.98 Å². The maximum atomic E-state index is 9.79. The number of aromatic hydroxyl groups is 1. The first-order valence-corrected chi connectivity index (χ1v) is 9.31. The molecule has 0 radical (unpaired) electrons. The number of halogens is 2. The summed E-state index contributed by atoms with van der Waals surface area (Å²) in [7, 11) is 1.49. The van der Waals surface area contributed by atoms with Crippen LogP contribution in [0.25, 0.3) is 11.1 Å². The summed E-state index contributed by atoms with van der Waals surface area (Å²) in [6.45, 7) is 3.76. The molecule has 5 nitrogen and oxygen atoms in total. The Labute approximate surface area is 173 Å². The minimum atomic E-state index is -0.436.